The Morgan fingerprint density at radius 3 is 2.89 bits per heavy atom. The third-order valence-electron chi connectivity index (χ3n) is 4.12. The van der Waals surface area contributed by atoms with Gasteiger partial charge in [0.2, 0.25) is 5.96 Å². The van der Waals surface area contributed by atoms with Crippen molar-refractivity contribution in [1.29, 1.82) is 0 Å². The van der Waals surface area contributed by atoms with Crippen molar-refractivity contribution in [3.8, 4) is 11.5 Å². The highest BCUT2D eigenvalue weighted by molar-refractivity contribution is 5.94. The molecule has 2 aliphatic rings. The predicted octanol–water partition coefficient (Wildman–Crippen LogP) is 1.68. The van der Waals surface area contributed by atoms with Crippen LogP contribution in [0, 0.1) is 4.91 Å². The van der Waals surface area contributed by atoms with E-state index in [0.717, 1.165) is 6.21 Å². The summed E-state index contributed by atoms with van der Waals surface area (Å²) in [5.74, 6) is -0.576. The van der Waals surface area contributed by atoms with E-state index in [1.165, 1.54) is 25.5 Å². The van der Waals surface area contributed by atoms with Crippen molar-refractivity contribution in [2.24, 2.45) is 20.3 Å². The molecule has 0 spiro atoms. The number of nitroso groups, excluding NO2 is 1. The third-order valence-corrected chi connectivity index (χ3v) is 4.12. The molecule has 1 aromatic carbocycles. The number of hydrazone groups is 1. The van der Waals surface area contributed by atoms with Crippen LogP contribution in [0.25, 0.3) is 0 Å². The van der Waals surface area contributed by atoms with Crippen molar-refractivity contribution in [1.82, 2.24) is 10.3 Å². The SMILES string of the molecule is COc1cc(/C=N\NC2=NCC(N3CCOCC3)=C(F)C=N2)cc(N=O)c1O. The molecule has 0 unspecified atom stereocenters. The average Bonchev–Trinajstić information content (AvgIpc) is 2.91. The van der Waals surface area contributed by atoms with Crippen LogP contribution < -0.4 is 10.2 Å². The lowest BCUT2D eigenvalue weighted by molar-refractivity contribution is 0.0522. The molecule has 0 bridgehead atoms. The third kappa shape index (κ3) is 4.49. The van der Waals surface area contributed by atoms with Crippen LogP contribution in [0.2, 0.25) is 0 Å². The number of nitrogens with zero attached hydrogens (tertiary/aromatic N) is 5. The number of aromatic hydroxyl groups is 1. The average molecular weight is 390 g/mol. The number of rotatable bonds is 5. The van der Waals surface area contributed by atoms with E-state index in [4.69, 9.17) is 9.47 Å². The van der Waals surface area contributed by atoms with Crippen LogP contribution in [-0.2, 0) is 4.74 Å². The van der Waals surface area contributed by atoms with Crippen molar-refractivity contribution in [3.05, 3.63) is 34.1 Å². The maximum absolute atomic E-state index is 14.3. The molecular formula is C17H19FN6O4. The number of nitrogens with one attached hydrogen (secondary N) is 1. The number of ether oxygens (including phenoxy) is 2. The van der Waals surface area contributed by atoms with Gasteiger partial charge in [-0.2, -0.15) is 5.10 Å². The van der Waals surface area contributed by atoms with Crippen molar-refractivity contribution in [3.63, 3.8) is 0 Å². The summed E-state index contributed by atoms with van der Waals surface area (Å²) in [5, 5.41) is 16.5. The molecular weight excluding hydrogens is 371 g/mol. The summed E-state index contributed by atoms with van der Waals surface area (Å²) in [6, 6.07) is 2.82. The number of halogens is 1. The molecule has 148 valence electrons. The van der Waals surface area contributed by atoms with Crippen molar-refractivity contribution < 1.29 is 19.0 Å². The van der Waals surface area contributed by atoms with E-state index in [-0.39, 0.29) is 29.7 Å². The molecule has 0 radical (unpaired) electrons. The highest BCUT2D eigenvalue weighted by Gasteiger charge is 2.19. The molecule has 0 amide bonds. The smallest absolute Gasteiger partial charge is 0.239 e. The Morgan fingerprint density at radius 1 is 1.39 bits per heavy atom. The van der Waals surface area contributed by atoms with Gasteiger partial charge in [0.05, 0.1) is 45.0 Å². The molecule has 0 aliphatic carbocycles. The minimum Gasteiger partial charge on any atom is -0.503 e. The van der Waals surface area contributed by atoms with E-state index in [2.05, 4.69) is 25.7 Å². The molecule has 1 aromatic rings. The summed E-state index contributed by atoms with van der Waals surface area (Å²) < 4.78 is 24.5. The maximum atomic E-state index is 14.3. The zero-order chi connectivity index (χ0) is 19.9. The first kappa shape index (κ1) is 19.4. The van der Waals surface area contributed by atoms with Crippen LogP contribution >= 0.6 is 0 Å². The fourth-order valence-electron chi connectivity index (χ4n) is 2.69. The first-order valence-electron chi connectivity index (χ1n) is 8.45. The van der Waals surface area contributed by atoms with Crippen LogP contribution in [0.3, 0.4) is 0 Å². The molecule has 11 heteroatoms. The molecule has 2 N–H and O–H groups in total. The van der Waals surface area contributed by atoms with Crippen molar-refractivity contribution >= 4 is 24.1 Å². The van der Waals surface area contributed by atoms with E-state index < -0.39 is 5.83 Å². The minimum absolute atomic E-state index is 0.0878. The van der Waals surface area contributed by atoms with Crippen LogP contribution in [0.15, 0.2) is 43.9 Å². The number of guanidine groups is 1. The number of hydrogen-bond donors (Lipinski definition) is 2. The van der Waals surface area contributed by atoms with Crippen molar-refractivity contribution in [2.75, 3.05) is 40.0 Å². The van der Waals surface area contributed by atoms with Crippen LogP contribution in [0.1, 0.15) is 5.56 Å². The number of phenolic OH excluding ortho intramolecular Hbond substituents is 1. The second-order valence-corrected chi connectivity index (χ2v) is 5.84. The van der Waals surface area contributed by atoms with Gasteiger partial charge in [-0.1, -0.05) is 0 Å². The Labute approximate surface area is 160 Å². The summed E-state index contributed by atoms with van der Waals surface area (Å²) >= 11 is 0. The van der Waals surface area contributed by atoms with Crippen LogP contribution in [0.5, 0.6) is 11.5 Å². The van der Waals surface area contributed by atoms with Gasteiger partial charge in [-0.15, -0.1) is 4.91 Å². The lowest BCUT2D eigenvalue weighted by Crippen LogP contribution is -2.37. The van der Waals surface area contributed by atoms with Gasteiger partial charge < -0.3 is 19.5 Å². The summed E-state index contributed by atoms with van der Waals surface area (Å²) in [4.78, 5) is 20.8. The van der Waals surface area contributed by atoms with E-state index >= 15 is 0 Å². The standard InChI is InChI=1S/C17H19FN6O4/c1-27-15-7-11(6-13(23-26)16(15)25)8-21-22-17-19-9-12(18)14(10-20-17)24-2-4-28-5-3-24/h6-9,25H,2-5,10H2,1H3,(H,20,22)/b21-8-. The first-order valence-corrected chi connectivity index (χ1v) is 8.45. The summed E-state index contributed by atoms with van der Waals surface area (Å²) in [6.07, 6.45) is 2.46. The van der Waals surface area contributed by atoms with Gasteiger partial charge in [-0.05, 0) is 17.3 Å². The molecule has 10 nitrogen and oxygen atoms in total. The molecule has 1 saturated heterocycles. The lowest BCUT2D eigenvalue weighted by atomic mass is 10.2. The Balaban J connectivity index is 1.68. The van der Waals surface area contributed by atoms with E-state index in [1.807, 2.05) is 4.90 Å². The van der Waals surface area contributed by atoms with Gasteiger partial charge in [0.15, 0.2) is 23.0 Å². The fraction of sp³-hybridized carbons (Fsp3) is 0.353. The number of allylic oxidation sites excluding steroid dienone is 1. The van der Waals surface area contributed by atoms with Crippen molar-refractivity contribution in [2.45, 2.75) is 0 Å². The van der Waals surface area contributed by atoms with Gasteiger partial charge in [-0.3, -0.25) is 0 Å². The lowest BCUT2D eigenvalue weighted by Gasteiger charge is -2.30. The van der Waals surface area contributed by atoms with Gasteiger partial charge in [0.1, 0.15) is 0 Å². The zero-order valence-corrected chi connectivity index (χ0v) is 15.1. The second kappa shape index (κ2) is 9.04. The number of hydrogen-bond acceptors (Lipinski definition) is 10. The predicted molar refractivity (Wildman–Crippen MR) is 102 cm³/mol. The molecule has 3 rings (SSSR count). The highest BCUT2D eigenvalue weighted by atomic mass is 19.1. The number of phenols is 1. The van der Waals surface area contributed by atoms with Gasteiger partial charge in [0.25, 0.3) is 0 Å². The highest BCUT2D eigenvalue weighted by Crippen LogP contribution is 2.36. The van der Waals surface area contributed by atoms with Crippen LogP contribution in [0.4, 0.5) is 10.1 Å². The molecule has 0 atom stereocenters. The monoisotopic (exact) mass is 390 g/mol. The van der Waals surface area contributed by atoms with E-state index in [9.17, 15) is 14.4 Å². The van der Waals surface area contributed by atoms with Gasteiger partial charge >= 0.3 is 0 Å². The molecule has 2 aliphatic heterocycles. The minimum atomic E-state index is -0.448. The second-order valence-electron chi connectivity index (χ2n) is 5.84. The molecule has 28 heavy (non-hydrogen) atoms. The molecule has 1 fully saturated rings. The fourth-order valence-corrected chi connectivity index (χ4v) is 2.69. The van der Waals surface area contributed by atoms with Crippen LogP contribution in [-0.4, -0.2) is 68.4 Å². The number of morpholine rings is 1. The zero-order valence-electron chi connectivity index (χ0n) is 15.1. The normalized spacial score (nSPS) is 17.5. The number of aliphatic imine (C=N–C) groups is 2. The largest absolute Gasteiger partial charge is 0.503 e. The molecule has 0 saturated carbocycles. The van der Waals surface area contributed by atoms with E-state index in [1.54, 1.807) is 0 Å². The Morgan fingerprint density at radius 2 is 2.18 bits per heavy atom. The molecule has 2 heterocycles. The summed E-state index contributed by atoms with van der Waals surface area (Å²) in [6.45, 7) is 2.41. The topological polar surface area (TPSA) is 120 Å². The summed E-state index contributed by atoms with van der Waals surface area (Å²) in [7, 11) is 1.35. The summed E-state index contributed by atoms with van der Waals surface area (Å²) in [5.41, 5.74) is 3.35. The first-order chi connectivity index (χ1) is 13.6. The molecule has 0 aromatic heterocycles. The Bertz CT molecular complexity index is 861. The Kier molecular flexibility index (Phi) is 6.27. The number of methoxy groups -OCH3 is 1. The maximum Gasteiger partial charge on any atom is 0.239 e. The quantitative estimate of drug-likeness (QED) is 0.448. The van der Waals surface area contributed by atoms with Gasteiger partial charge in [-0.25, -0.2) is 19.8 Å². The number of benzene rings is 1. The van der Waals surface area contributed by atoms with Gasteiger partial charge in [0, 0.05) is 18.7 Å². The van der Waals surface area contributed by atoms with E-state index in [0.29, 0.717) is 37.6 Å². The Hall–Kier alpha value is -3.34.